The van der Waals surface area contributed by atoms with Crippen molar-refractivity contribution in [1.82, 2.24) is 0 Å². The zero-order valence-electron chi connectivity index (χ0n) is 28.5. The molecule has 1 aliphatic carbocycles. The molecule has 0 aliphatic heterocycles. The van der Waals surface area contributed by atoms with E-state index in [1.54, 1.807) is 0 Å². The lowest BCUT2D eigenvalue weighted by molar-refractivity contribution is 0.669. The average Bonchev–Trinajstić information content (AvgIpc) is 3.58. The maximum Gasteiger partial charge on any atom is 0.135 e. The minimum Gasteiger partial charge on any atom is -0.456 e. The van der Waals surface area contributed by atoms with Gasteiger partial charge >= 0.3 is 0 Å². The summed E-state index contributed by atoms with van der Waals surface area (Å²) in [5, 5.41) is 2.31. The van der Waals surface area contributed by atoms with Crippen LogP contribution in [-0.4, -0.2) is 0 Å². The first kappa shape index (κ1) is 30.7. The second kappa shape index (κ2) is 13.2. The summed E-state index contributed by atoms with van der Waals surface area (Å²) >= 11 is 0. The van der Waals surface area contributed by atoms with Gasteiger partial charge in [0.2, 0.25) is 0 Å². The van der Waals surface area contributed by atoms with Crippen LogP contribution in [0.2, 0.25) is 0 Å². The van der Waals surface area contributed by atoms with Gasteiger partial charge in [-0.05, 0) is 105 Å². The molecule has 0 spiro atoms. The predicted octanol–water partition coefficient (Wildman–Crippen LogP) is 13.7. The predicted molar refractivity (Wildman–Crippen MR) is 215 cm³/mol. The Kier molecular flexibility index (Phi) is 7.91. The molecule has 9 rings (SSSR count). The van der Waals surface area contributed by atoms with Gasteiger partial charge in [0.15, 0.2) is 0 Å². The summed E-state index contributed by atoms with van der Waals surface area (Å²) in [5.74, 6) is 0.346. The maximum atomic E-state index is 6.07. The molecule has 0 amide bonds. The number of anilines is 2. The number of hydrogen-bond donors (Lipinski definition) is 0. The summed E-state index contributed by atoms with van der Waals surface area (Å²) in [6.45, 7) is 2.35. The van der Waals surface area contributed by atoms with Gasteiger partial charge in [-0.3, -0.25) is 0 Å². The van der Waals surface area contributed by atoms with Crippen molar-refractivity contribution < 1.29 is 4.42 Å². The summed E-state index contributed by atoms with van der Waals surface area (Å²) in [5.41, 5.74) is 15.4. The van der Waals surface area contributed by atoms with Crippen molar-refractivity contribution in [3.05, 3.63) is 199 Å². The third-order valence-corrected chi connectivity index (χ3v) is 10.2. The SMILES string of the molecule is C[C@@H]1CC(N(c2ccc(-c3ccccc3)cc2)c2ccc(-c3ccccc3)cc2)=CC=C1c1ccc(-c2ccc3oc4ccccc4c3c2)cc1. The summed E-state index contributed by atoms with van der Waals surface area (Å²) < 4.78 is 6.07. The fraction of sp³-hybridized carbons (Fsp3) is 0.0612. The largest absolute Gasteiger partial charge is 0.456 e. The molecule has 0 bridgehead atoms. The maximum absolute atomic E-state index is 6.07. The monoisotopic (exact) mass is 655 g/mol. The van der Waals surface area contributed by atoms with E-state index in [0.717, 1.165) is 39.7 Å². The topological polar surface area (TPSA) is 16.4 Å². The fourth-order valence-corrected chi connectivity index (χ4v) is 7.50. The highest BCUT2D eigenvalue weighted by molar-refractivity contribution is 6.06. The molecule has 1 aromatic heterocycles. The first-order valence-electron chi connectivity index (χ1n) is 17.7. The van der Waals surface area contributed by atoms with Crippen LogP contribution in [0.4, 0.5) is 11.4 Å². The van der Waals surface area contributed by atoms with Gasteiger partial charge in [-0.2, -0.15) is 0 Å². The molecule has 51 heavy (non-hydrogen) atoms. The standard InChI is InChI=1S/C49H37NO/c1-34-32-44(29-30-45(34)40-18-16-39(17-19-40)41-24-31-49-47(33-41)46-14-8-9-15-48(46)51-49)50(42-25-20-37(21-26-42)35-10-4-2-5-11-35)43-27-22-38(23-28-43)36-12-6-3-7-13-36/h2-31,33-34H,32H2,1H3/t34-/m1/s1. The number of fused-ring (bicyclic) bond motifs is 3. The second-order valence-corrected chi connectivity index (χ2v) is 13.4. The third-order valence-electron chi connectivity index (χ3n) is 10.2. The van der Waals surface area contributed by atoms with Crippen LogP contribution in [0.25, 0.3) is 60.9 Å². The fourth-order valence-electron chi connectivity index (χ4n) is 7.50. The normalized spacial score (nSPS) is 14.3. The summed E-state index contributed by atoms with van der Waals surface area (Å²) in [4.78, 5) is 2.42. The van der Waals surface area contributed by atoms with Crippen molar-refractivity contribution in [3.8, 4) is 33.4 Å². The smallest absolute Gasteiger partial charge is 0.135 e. The molecule has 7 aromatic carbocycles. The summed E-state index contributed by atoms with van der Waals surface area (Å²) in [7, 11) is 0. The van der Waals surface area contributed by atoms with Gasteiger partial charge < -0.3 is 9.32 Å². The zero-order chi connectivity index (χ0) is 34.1. The van der Waals surface area contributed by atoms with E-state index in [9.17, 15) is 0 Å². The van der Waals surface area contributed by atoms with Crippen LogP contribution in [-0.2, 0) is 0 Å². The number of para-hydroxylation sites is 1. The first-order chi connectivity index (χ1) is 25.2. The highest BCUT2D eigenvalue weighted by Gasteiger charge is 2.23. The van der Waals surface area contributed by atoms with Crippen LogP contribution in [0, 0.1) is 5.92 Å². The Morgan fingerprint density at radius 3 is 1.51 bits per heavy atom. The Labute approximate surface area is 299 Å². The van der Waals surface area contributed by atoms with E-state index in [1.807, 2.05) is 12.1 Å². The van der Waals surface area contributed by atoms with Crippen LogP contribution in [0.15, 0.2) is 198 Å². The molecule has 2 nitrogen and oxygen atoms in total. The van der Waals surface area contributed by atoms with Crippen LogP contribution in [0.3, 0.4) is 0 Å². The van der Waals surface area contributed by atoms with E-state index < -0.39 is 0 Å². The van der Waals surface area contributed by atoms with Gasteiger partial charge in [0.05, 0.1) is 0 Å². The average molecular weight is 656 g/mol. The van der Waals surface area contributed by atoms with Crippen molar-refractivity contribution in [3.63, 3.8) is 0 Å². The number of hydrogen-bond acceptors (Lipinski definition) is 2. The minimum atomic E-state index is 0.346. The van der Waals surface area contributed by atoms with Gasteiger partial charge in [0.25, 0.3) is 0 Å². The quantitative estimate of drug-likeness (QED) is 0.170. The third kappa shape index (κ3) is 5.96. The van der Waals surface area contributed by atoms with Crippen molar-refractivity contribution in [2.24, 2.45) is 5.92 Å². The first-order valence-corrected chi connectivity index (χ1v) is 17.7. The summed E-state index contributed by atoms with van der Waals surface area (Å²) in [6, 6.07) is 62.9. The minimum absolute atomic E-state index is 0.346. The van der Waals surface area contributed by atoms with Crippen LogP contribution in [0.1, 0.15) is 18.9 Å². The van der Waals surface area contributed by atoms with Gasteiger partial charge in [-0.1, -0.05) is 146 Å². The van der Waals surface area contributed by atoms with Crippen molar-refractivity contribution in [2.75, 3.05) is 4.90 Å². The van der Waals surface area contributed by atoms with Crippen molar-refractivity contribution in [1.29, 1.82) is 0 Å². The van der Waals surface area contributed by atoms with E-state index in [1.165, 1.54) is 50.2 Å². The molecule has 8 aromatic rings. The number of benzene rings is 7. The van der Waals surface area contributed by atoms with Crippen LogP contribution >= 0.6 is 0 Å². The molecule has 0 fully saturated rings. The van der Waals surface area contributed by atoms with Gasteiger partial charge in [-0.15, -0.1) is 0 Å². The molecule has 0 unspecified atom stereocenters. The molecule has 1 heterocycles. The highest BCUT2D eigenvalue weighted by Crippen LogP contribution is 2.41. The van der Waals surface area contributed by atoms with E-state index in [4.69, 9.17) is 4.42 Å². The molecule has 1 atom stereocenters. The van der Waals surface area contributed by atoms with Gasteiger partial charge in [0.1, 0.15) is 11.2 Å². The lowest BCUT2D eigenvalue weighted by Gasteiger charge is -2.32. The Hall–Kier alpha value is -6.38. The molecule has 244 valence electrons. The van der Waals surface area contributed by atoms with E-state index in [0.29, 0.717) is 5.92 Å². The number of nitrogens with zero attached hydrogens (tertiary/aromatic N) is 1. The van der Waals surface area contributed by atoms with Crippen LogP contribution in [0.5, 0.6) is 0 Å². The zero-order valence-corrected chi connectivity index (χ0v) is 28.5. The lowest BCUT2D eigenvalue weighted by atomic mass is 9.85. The van der Waals surface area contributed by atoms with E-state index in [-0.39, 0.29) is 0 Å². The highest BCUT2D eigenvalue weighted by atomic mass is 16.3. The Balaban J connectivity index is 1.04. The Morgan fingerprint density at radius 1 is 0.431 bits per heavy atom. The van der Waals surface area contributed by atoms with E-state index >= 15 is 0 Å². The van der Waals surface area contributed by atoms with Crippen LogP contribution < -0.4 is 4.90 Å². The molecule has 0 N–H and O–H groups in total. The summed E-state index contributed by atoms with van der Waals surface area (Å²) in [6.07, 6.45) is 5.57. The van der Waals surface area contributed by atoms with Gasteiger partial charge in [-0.25, -0.2) is 0 Å². The molecular weight excluding hydrogens is 619 g/mol. The molecule has 2 heteroatoms. The number of rotatable bonds is 7. The Bertz CT molecular complexity index is 2440. The van der Waals surface area contributed by atoms with Crippen molar-refractivity contribution >= 4 is 38.9 Å². The van der Waals surface area contributed by atoms with Gasteiger partial charge in [0, 0.05) is 27.8 Å². The molecular formula is C49H37NO. The molecule has 0 saturated heterocycles. The van der Waals surface area contributed by atoms with E-state index in [2.05, 4.69) is 188 Å². The Morgan fingerprint density at radius 2 is 0.902 bits per heavy atom. The molecule has 0 radical (unpaired) electrons. The number of allylic oxidation sites excluding steroid dienone is 4. The lowest BCUT2D eigenvalue weighted by Crippen LogP contribution is -2.20. The molecule has 0 saturated carbocycles. The van der Waals surface area contributed by atoms with Crippen molar-refractivity contribution in [2.45, 2.75) is 13.3 Å². The number of furan rings is 1. The second-order valence-electron chi connectivity index (χ2n) is 13.4. The molecule has 1 aliphatic rings.